The van der Waals surface area contributed by atoms with Crippen LogP contribution in [0.3, 0.4) is 0 Å². The Kier molecular flexibility index (Phi) is 5.47. The normalized spacial score (nSPS) is 16.3. The number of halogens is 1. The van der Waals surface area contributed by atoms with Gasteiger partial charge in [-0.3, -0.25) is 14.4 Å². The van der Waals surface area contributed by atoms with Gasteiger partial charge in [-0.05, 0) is 50.5 Å². The Labute approximate surface area is 133 Å². The fraction of sp³-hybridized carbons (Fsp3) is 0.471. The highest BCUT2D eigenvalue weighted by atomic mass is 19.1. The van der Waals surface area contributed by atoms with Gasteiger partial charge in [0.2, 0.25) is 0 Å². The molecule has 1 aliphatic carbocycles. The van der Waals surface area contributed by atoms with Crippen molar-refractivity contribution in [3.8, 4) is 0 Å². The Balaban J connectivity index is 2.16. The van der Waals surface area contributed by atoms with E-state index in [1.807, 2.05) is 0 Å². The van der Waals surface area contributed by atoms with Gasteiger partial charge in [-0.1, -0.05) is 0 Å². The minimum Gasteiger partial charge on any atom is -0.465 e. The Bertz CT molecular complexity index is 607. The van der Waals surface area contributed by atoms with Crippen LogP contribution < -0.4 is 0 Å². The van der Waals surface area contributed by atoms with E-state index >= 15 is 0 Å². The van der Waals surface area contributed by atoms with E-state index in [4.69, 9.17) is 9.47 Å². The van der Waals surface area contributed by atoms with Crippen molar-refractivity contribution >= 4 is 17.7 Å². The lowest BCUT2D eigenvalue weighted by molar-refractivity contribution is -0.162. The average molecular weight is 322 g/mol. The first-order valence-electron chi connectivity index (χ1n) is 7.63. The van der Waals surface area contributed by atoms with Crippen molar-refractivity contribution in [3.05, 3.63) is 35.1 Å². The summed E-state index contributed by atoms with van der Waals surface area (Å²) in [5.74, 6) is -3.67. The molecule has 1 aromatic rings. The van der Waals surface area contributed by atoms with E-state index in [2.05, 4.69) is 0 Å². The standard InChI is InChI=1S/C17H19FO5/c1-3-22-16(20)14(17(21)23-4-2)9-11-7-10-8-12(18)5-6-13(10)15(11)19/h5-6,8,11,14H,3-4,7,9H2,1-2H3. The van der Waals surface area contributed by atoms with Crippen LogP contribution in [0.15, 0.2) is 18.2 Å². The molecule has 1 atom stereocenters. The van der Waals surface area contributed by atoms with Crippen LogP contribution in [-0.4, -0.2) is 30.9 Å². The molecular weight excluding hydrogens is 303 g/mol. The maximum Gasteiger partial charge on any atom is 0.320 e. The summed E-state index contributed by atoms with van der Waals surface area (Å²) in [6.45, 7) is 3.55. The third-order valence-electron chi connectivity index (χ3n) is 3.83. The zero-order valence-electron chi connectivity index (χ0n) is 13.1. The van der Waals surface area contributed by atoms with Crippen molar-refractivity contribution in [1.29, 1.82) is 0 Å². The summed E-state index contributed by atoms with van der Waals surface area (Å²) >= 11 is 0. The molecule has 0 heterocycles. The van der Waals surface area contributed by atoms with E-state index in [9.17, 15) is 18.8 Å². The molecule has 0 saturated carbocycles. The first-order chi connectivity index (χ1) is 11.0. The second kappa shape index (κ2) is 7.35. The Morgan fingerprint density at radius 3 is 2.39 bits per heavy atom. The van der Waals surface area contributed by atoms with Crippen LogP contribution in [0.25, 0.3) is 0 Å². The molecule has 0 spiro atoms. The number of rotatable bonds is 6. The molecule has 5 nitrogen and oxygen atoms in total. The Morgan fingerprint density at radius 2 is 1.83 bits per heavy atom. The smallest absolute Gasteiger partial charge is 0.320 e. The summed E-state index contributed by atoms with van der Waals surface area (Å²) in [4.78, 5) is 36.4. The number of hydrogen-bond acceptors (Lipinski definition) is 5. The van der Waals surface area contributed by atoms with Gasteiger partial charge >= 0.3 is 11.9 Å². The van der Waals surface area contributed by atoms with Crippen molar-refractivity contribution in [3.63, 3.8) is 0 Å². The maximum absolute atomic E-state index is 13.3. The van der Waals surface area contributed by atoms with Gasteiger partial charge in [0.1, 0.15) is 5.82 Å². The van der Waals surface area contributed by atoms with E-state index in [1.54, 1.807) is 13.8 Å². The number of ether oxygens (including phenoxy) is 2. The Hall–Kier alpha value is -2.24. The molecule has 1 aromatic carbocycles. The molecule has 0 aromatic heterocycles. The number of benzene rings is 1. The van der Waals surface area contributed by atoms with E-state index in [0.717, 1.165) is 0 Å². The highest BCUT2D eigenvalue weighted by molar-refractivity contribution is 6.03. The highest BCUT2D eigenvalue weighted by Gasteiger charge is 2.38. The molecule has 0 amide bonds. The van der Waals surface area contributed by atoms with Crippen LogP contribution in [0.1, 0.15) is 36.2 Å². The first kappa shape index (κ1) is 17.1. The van der Waals surface area contributed by atoms with Gasteiger partial charge in [0.15, 0.2) is 11.7 Å². The molecule has 0 saturated heterocycles. The third-order valence-corrected chi connectivity index (χ3v) is 3.83. The number of esters is 2. The number of hydrogen-bond donors (Lipinski definition) is 0. The highest BCUT2D eigenvalue weighted by Crippen LogP contribution is 2.32. The lowest BCUT2D eigenvalue weighted by Gasteiger charge is -2.17. The van der Waals surface area contributed by atoms with Crippen molar-refractivity contribution in [2.75, 3.05) is 13.2 Å². The quantitative estimate of drug-likeness (QED) is 0.594. The second-order valence-electron chi connectivity index (χ2n) is 5.36. The zero-order chi connectivity index (χ0) is 17.0. The fourth-order valence-corrected chi connectivity index (χ4v) is 2.80. The minimum absolute atomic E-state index is 0.00675. The molecule has 0 N–H and O–H groups in total. The third kappa shape index (κ3) is 3.75. The predicted molar refractivity (Wildman–Crippen MR) is 79.3 cm³/mol. The van der Waals surface area contributed by atoms with Gasteiger partial charge in [-0.25, -0.2) is 4.39 Å². The zero-order valence-corrected chi connectivity index (χ0v) is 13.1. The van der Waals surface area contributed by atoms with Crippen LogP contribution in [0.2, 0.25) is 0 Å². The number of carbonyl (C=O) groups is 3. The SMILES string of the molecule is CCOC(=O)C(CC1Cc2cc(F)ccc2C1=O)C(=O)OCC. The molecule has 0 radical (unpaired) electrons. The average Bonchev–Trinajstić information content (AvgIpc) is 2.80. The van der Waals surface area contributed by atoms with E-state index in [1.165, 1.54) is 18.2 Å². The largest absolute Gasteiger partial charge is 0.465 e. The summed E-state index contributed by atoms with van der Waals surface area (Å²) in [7, 11) is 0. The topological polar surface area (TPSA) is 69.7 Å². The van der Waals surface area contributed by atoms with Crippen LogP contribution in [0.5, 0.6) is 0 Å². The minimum atomic E-state index is -1.14. The molecule has 0 aliphatic heterocycles. The van der Waals surface area contributed by atoms with Crippen LogP contribution >= 0.6 is 0 Å². The fourth-order valence-electron chi connectivity index (χ4n) is 2.80. The molecular formula is C17H19FO5. The molecule has 124 valence electrons. The summed E-state index contributed by atoms with van der Waals surface area (Å²) in [5, 5.41) is 0. The van der Waals surface area contributed by atoms with Gasteiger partial charge in [0, 0.05) is 11.5 Å². The van der Waals surface area contributed by atoms with Gasteiger partial charge in [-0.2, -0.15) is 0 Å². The summed E-state index contributed by atoms with van der Waals surface area (Å²) in [5.41, 5.74) is 1.05. The Morgan fingerprint density at radius 1 is 1.22 bits per heavy atom. The number of Topliss-reactive ketones (excluding diaryl/α,β-unsaturated/α-hetero) is 1. The van der Waals surface area contributed by atoms with Gasteiger partial charge in [0.25, 0.3) is 0 Å². The van der Waals surface area contributed by atoms with E-state index in [-0.39, 0.29) is 25.4 Å². The van der Waals surface area contributed by atoms with Gasteiger partial charge in [0.05, 0.1) is 13.2 Å². The van der Waals surface area contributed by atoms with Crippen LogP contribution in [0.4, 0.5) is 4.39 Å². The van der Waals surface area contributed by atoms with Crippen molar-refractivity contribution in [2.45, 2.75) is 26.7 Å². The predicted octanol–water partition coefficient (Wildman–Crippen LogP) is 2.31. The summed E-state index contributed by atoms with van der Waals surface area (Å²) < 4.78 is 23.1. The molecule has 6 heteroatoms. The monoisotopic (exact) mass is 322 g/mol. The van der Waals surface area contributed by atoms with Crippen LogP contribution in [0, 0.1) is 17.7 Å². The number of carbonyl (C=O) groups excluding carboxylic acids is 3. The maximum atomic E-state index is 13.3. The lowest BCUT2D eigenvalue weighted by atomic mass is 9.91. The van der Waals surface area contributed by atoms with Gasteiger partial charge < -0.3 is 9.47 Å². The molecule has 2 rings (SSSR count). The van der Waals surface area contributed by atoms with Crippen molar-refractivity contribution in [2.24, 2.45) is 11.8 Å². The molecule has 1 aliphatic rings. The molecule has 23 heavy (non-hydrogen) atoms. The first-order valence-corrected chi connectivity index (χ1v) is 7.63. The van der Waals surface area contributed by atoms with E-state index in [0.29, 0.717) is 17.5 Å². The molecule has 0 bridgehead atoms. The molecule has 0 fully saturated rings. The summed E-state index contributed by atoms with van der Waals surface area (Å²) in [6.07, 6.45) is 0.314. The lowest BCUT2D eigenvalue weighted by Crippen LogP contribution is -2.31. The summed E-state index contributed by atoms with van der Waals surface area (Å²) in [6, 6.07) is 3.99. The van der Waals surface area contributed by atoms with Crippen LogP contribution in [-0.2, 0) is 25.5 Å². The molecule has 1 unspecified atom stereocenters. The van der Waals surface area contributed by atoms with E-state index < -0.39 is 29.6 Å². The van der Waals surface area contributed by atoms with Gasteiger partial charge in [-0.15, -0.1) is 0 Å². The van der Waals surface area contributed by atoms with Crippen molar-refractivity contribution < 1.29 is 28.2 Å². The number of ketones is 1. The number of fused-ring (bicyclic) bond motifs is 1. The van der Waals surface area contributed by atoms with Crippen molar-refractivity contribution in [1.82, 2.24) is 0 Å². The second-order valence-corrected chi connectivity index (χ2v) is 5.36.